The summed E-state index contributed by atoms with van der Waals surface area (Å²) in [5.41, 5.74) is 6.62. The molecule has 0 fully saturated rings. The molecule has 5 heterocycles. The lowest BCUT2D eigenvalue weighted by Crippen LogP contribution is -2.00. The Kier molecular flexibility index (Phi) is 6.54. The lowest BCUT2D eigenvalue weighted by Gasteiger charge is -2.11. The molecule has 0 aliphatic rings. The third kappa shape index (κ3) is 4.99. The van der Waals surface area contributed by atoms with E-state index in [1.165, 1.54) is 4.70 Å². The van der Waals surface area contributed by atoms with Crippen molar-refractivity contribution in [2.24, 2.45) is 0 Å². The van der Waals surface area contributed by atoms with Crippen LogP contribution in [0.1, 0.15) is 0 Å². The van der Waals surface area contributed by atoms with Crippen LogP contribution in [0.3, 0.4) is 0 Å². The van der Waals surface area contributed by atoms with E-state index in [2.05, 4.69) is 65.6 Å². The van der Waals surface area contributed by atoms with Crippen molar-refractivity contribution in [3.8, 4) is 56.7 Å². The Morgan fingerprint density at radius 1 is 0.426 bits per heavy atom. The highest BCUT2D eigenvalue weighted by atomic mass is 32.1. The zero-order chi connectivity index (χ0) is 31.2. The van der Waals surface area contributed by atoms with Crippen molar-refractivity contribution in [3.63, 3.8) is 0 Å². The van der Waals surface area contributed by atoms with E-state index < -0.39 is 0 Å². The Bertz CT molecular complexity index is 2520. The Morgan fingerprint density at radius 2 is 1.06 bits per heavy atom. The number of aromatic nitrogens is 6. The van der Waals surface area contributed by atoms with Crippen LogP contribution in [0.5, 0.6) is 0 Å². The number of thiophene rings is 1. The van der Waals surface area contributed by atoms with Gasteiger partial charge < -0.3 is 0 Å². The predicted octanol–water partition coefficient (Wildman–Crippen LogP) is 9.91. The fourth-order valence-electron chi connectivity index (χ4n) is 5.99. The highest BCUT2D eigenvalue weighted by Crippen LogP contribution is 2.36. The van der Waals surface area contributed by atoms with Crippen molar-refractivity contribution in [3.05, 3.63) is 146 Å². The van der Waals surface area contributed by atoms with Gasteiger partial charge in [-0.2, -0.15) is 0 Å². The Balaban J connectivity index is 1.12. The summed E-state index contributed by atoms with van der Waals surface area (Å²) in [6.07, 6.45) is 7.65. The number of rotatable bonds is 5. The van der Waals surface area contributed by atoms with E-state index in [-0.39, 0.29) is 0 Å². The minimum Gasteiger partial charge on any atom is -0.264 e. The molecule has 0 saturated carbocycles. The third-order valence-electron chi connectivity index (χ3n) is 8.32. The second kappa shape index (κ2) is 11.3. The first-order chi connectivity index (χ1) is 23.3. The Hall–Kier alpha value is -6.18. The lowest BCUT2D eigenvalue weighted by atomic mass is 9.97. The van der Waals surface area contributed by atoms with Gasteiger partial charge in [-0.15, -0.1) is 11.3 Å². The first-order valence-corrected chi connectivity index (χ1v) is 16.1. The number of benzene rings is 4. The van der Waals surface area contributed by atoms with Gasteiger partial charge in [0.05, 0.1) is 16.1 Å². The molecule has 5 aromatic heterocycles. The van der Waals surface area contributed by atoms with E-state index in [4.69, 9.17) is 24.9 Å². The zero-order valence-corrected chi connectivity index (χ0v) is 25.8. The van der Waals surface area contributed by atoms with Crippen LogP contribution in [0.25, 0.3) is 87.6 Å². The molecule has 9 aromatic rings. The minimum absolute atomic E-state index is 0.623. The maximum atomic E-state index is 4.93. The molecule has 0 amide bonds. The van der Waals surface area contributed by atoms with Crippen molar-refractivity contribution < 1.29 is 0 Å². The molecule has 0 radical (unpaired) electrons. The van der Waals surface area contributed by atoms with Gasteiger partial charge in [-0.05, 0) is 40.8 Å². The zero-order valence-electron chi connectivity index (χ0n) is 24.9. The molecule has 7 heteroatoms. The average Bonchev–Trinajstić information content (AvgIpc) is 3.53. The van der Waals surface area contributed by atoms with Gasteiger partial charge in [0.1, 0.15) is 0 Å². The van der Waals surface area contributed by atoms with Gasteiger partial charge >= 0.3 is 0 Å². The monoisotopic (exact) mass is 620 g/mol. The quantitative estimate of drug-likeness (QED) is 0.191. The topological polar surface area (TPSA) is 77.3 Å². The summed E-state index contributed by atoms with van der Waals surface area (Å²) in [5, 5.41) is 4.45. The number of hydrogen-bond donors (Lipinski definition) is 0. The van der Waals surface area contributed by atoms with Crippen LogP contribution in [0.4, 0.5) is 0 Å². The molecule has 9 rings (SSSR count). The molecule has 0 bridgehead atoms. The van der Waals surface area contributed by atoms with E-state index in [9.17, 15) is 0 Å². The van der Waals surface area contributed by atoms with Crippen molar-refractivity contribution >= 4 is 42.3 Å². The fourth-order valence-corrected chi connectivity index (χ4v) is 7.02. The maximum absolute atomic E-state index is 4.93. The summed E-state index contributed by atoms with van der Waals surface area (Å²) >= 11 is 1.73. The minimum atomic E-state index is 0.623. The first-order valence-electron chi connectivity index (χ1n) is 15.3. The molecule has 47 heavy (non-hydrogen) atoms. The van der Waals surface area contributed by atoms with E-state index in [1.54, 1.807) is 11.3 Å². The van der Waals surface area contributed by atoms with Gasteiger partial charge in [0.25, 0.3) is 0 Å². The van der Waals surface area contributed by atoms with Crippen LogP contribution in [-0.2, 0) is 0 Å². The fraction of sp³-hybridized carbons (Fsp3) is 0. The molecule has 220 valence electrons. The van der Waals surface area contributed by atoms with Gasteiger partial charge in [0.15, 0.2) is 17.5 Å². The lowest BCUT2D eigenvalue weighted by molar-refractivity contribution is 1.07. The van der Waals surface area contributed by atoms with Gasteiger partial charge in [-0.25, -0.2) is 15.0 Å². The van der Waals surface area contributed by atoms with Gasteiger partial charge in [-0.1, -0.05) is 97.1 Å². The van der Waals surface area contributed by atoms with Crippen molar-refractivity contribution in [1.29, 1.82) is 0 Å². The van der Waals surface area contributed by atoms with Gasteiger partial charge in [-0.3, -0.25) is 15.0 Å². The summed E-state index contributed by atoms with van der Waals surface area (Å²) in [4.78, 5) is 28.7. The van der Waals surface area contributed by atoms with E-state index in [0.717, 1.165) is 65.4 Å². The number of nitrogens with zero attached hydrogens (tertiary/aromatic N) is 6. The normalized spacial score (nSPS) is 11.4. The van der Waals surface area contributed by atoms with E-state index in [0.29, 0.717) is 17.5 Å². The highest BCUT2D eigenvalue weighted by molar-refractivity contribution is 7.25. The van der Waals surface area contributed by atoms with E-state index in [1.807, 2.05) is 85.5 Å². The summed E-state index contributed by atoms with van der Waals surface area (Å²) in [5.74, 6) is 1.90. The third-order valence-corrected chi connectivity index (χ3v) is 9.44. The van der Waals surface area contributed by atoms with Crippen LogP contribution in [-0.4, -0.2) is 29.9 Å². The molecule has 0 aliphatic heterocycles. The van der Waals surface area contributed by atoms with Gasteiger partial charge in [0, 0.05) is 62.3 Å². The highest BCUT2D eigenvalue weighted by Gasteiger charge is 2.15. The van der Waals surface area contributed by atoms with Crippen molar-refractivity contribution in [2.75, 3.05) is 0 Å². The first kappa shape index (κ1) is 27.2. The van der Waals surface area contributed by atoms with E-state index >= 15 is 0 Å². The number of pyridine rings is 3. The number of hydrogen-bond acceptors (Lipinski definition) is 7. The maximum Gasteiger partial charge on any atom is 0.164 e. The molecule has 0 saturated heterocycles. The number of fused-ring (bicyclic) bond motifs is 4. The molecule has 0 spiro atoms. The van der Waals surface area contributed by atoms with Crippen LogP contribution in [0, 0.1) is 0 Å². The molecule has 0 aliphatic carbocycles. The molecular formula is C40H24N6S. The largest absolute Gasteiger partial charge is 0.264 e. The molecule has 6 nitrogen and oxygen atoms in total. The summed E-state index contributed by atoms with van der Waals surface area (Å²) < 4.78 is 2.35. The molecular weight excluding hydrogens is 597 g/mol. The second-order valence-electron chi connectivity index (χ2n) is 11.3. The van der Waals surface area contributed by atoms with Crippen LogP contribution in [0.15, 0.2) is 146 Å². The Morgan fingerprint density at radius 3 is 1.83 bits per heavy atom. The molecule has 0 atom stereocenters. The predicted molar refractivity (Wildman–Crippen MR) is 191 cm³/mol. The molecule has 0 N–H and O–H groups in total. The van der Waals surface area contributed by atoms with Crippen LogP contribution in [0.2, 0.25) is 0 Å². The summed E-state index contributed by atoms with van der Waals surface area (Å²) in [6, 6.07) is 41.1. The standard InChI is InChI=1S/C40H24N6S/c1-3-9-25(10-4-1)38-44-39(26-11-5-2-6-12-26)46-40(45-38)29-15-7-13-27(19-29)30-16-8-14-28-20-34(42-23-32(28)30)35-21-31-33-22-41-18-17-36(33)47-37(31)24-43-35/h1-24H. The average molecular weight is 621 g/mol. The smallest absolute Gasteiger partial charge is 0.164 e. The molecule has 4 aromatic carbocycles. The molecule has 0 unspecified atom stereocenters. The van der Waals surface area contributed by atoms with Gasteiger partial charge in [0.2, 0.25) is 0 Å². The summed E-state index contributed by atoms with van der Waals surface area (Å²) in [7, 11) is 0. The SMILES string of the molecule is c1ccc(-c2nc(-c3ccccc3)nc(-c3cccc(-c4cccc5cc(-c6cc7c(cn6)sc6ccncc67)ncc45)c3)n2)cc1. The van der Waals surface area contributed by atoms with Crippen LogP contribution >= 0.6 is 11.3 Å². The summed E-state index contributed by atoms with van der Waals surface area (Å²) in [6.45, 7) is 0. The second-order valence-corrected chi connectivity index (χ2v) is 12.3. The van der Waals surface area contributed by atoms with Crippen molar-refractivity contribution in [1.82, 2.24) is 29.9 Å². The van der Waals surface area contributed by atoms with Crippen LogP contribution < -0.4 is 0 Å². The Labute approximate surface area is 274 Å². The van der Waals surface area contributed by atoms with Crippen molar-refractivity contribution in [2.45, 2.75) is 0 Å².